The van der Waals surface area contributed by atoms with Crippen LogP contribution in [0.4, 0.5) is 11.5 Å². The van der Waals surface area contributed by atoms with Crippen LogP contribution in [0.25, 0.3) is 11.0 Å². The number of nitrogens with zero attached hydrogens (tertiary/aromatic N) is 5. The highest BCUT2D eigenvalue weighted by Crippen LogP contribution is 2.42. The first-order valence-electron chi connectivity index (χ1n) is 9.49. The maximum Gasteiger partial charge on any atom is 0.163 e. The number of hydrogen-bond acceptors (Lipinski definition) is 6. The van der Waals surface area contributed by atoms with Crippen LogP contribution in [0.1, 0.15) is 23.7 Å². The van der Waals surface area contributed by atoms with Gasteiger partial charge in [-0.15, -0.1) is 5.10 Å². The van der Waals surface area contributed by atoms with Gasteiger partial charge >= 0.3 is 0 Å². The highest BCUT2D eigenvalue weighted by atomic mass is 79.9. The van der Waals surface area contributed by atoms with Gasteiger partial charge in [-0.3, -0.25) is 0 Å². The van der Waals surface area contributed by atoms with Crippen molar-refractivity contribution in [2.24, 2.45) is 0 Å². The molecule has 7 nitrogen and oxygen atoms in total. The molecule has 0 unspecified atom stereocenters. The van der Waals surface area contributed by atoms with E-state index in [2.05, 4.69) is 37.2 Å². The zero-order valence-corrected chi connectivity index (χ0v) is 19.0. The maximum atomic E-state index is 6.59. The van der Waals surface area contributed by atoms with Crippen molar-refractivity contribution >= 4 is 50.1 Å². The third-order valence-corrected chi connectivity index (χ3v) is 5.91. The number of benzene rings is 1. The number of anilines is 2. The second-order valence-electron chi connectivity index (χ2n) is 7.18. The molecule has 0 spiro atoms. The SMILES string of the molecule is COCC[C@H](COC)n1nnc2c(N3CCc4cc(Br)cc(Cl)c43)nc(C)cc21. The van der Waals surface area contributed by atoms with E-state index >= 15 is 0 Å². The first-order chi connectivity index (χ1) is 14.0. The minimum absolute atomic E-state index is 0.0324. The first kappa shape index (κ1) is 20.5. The number of rotatable bonds is 7. The molecular formula is C20H23BrClN5O2. The van der Waals surface area contributed by atoms with Gasteiger partial charge in [-0.25, -0.2) is 9.67 Å². The highest BCUT2D eigenvalue weighted by molar-refractivity contribution is 9.10. The number of methoxy groups -OCH3 is 2. The molecule has 0 saturated heterocycles. The number of fused-ring (bicyclic) bond motifs is 2. The Bertz CT molecular complexity index is 1040. The summed E-state index contributed by atoms with van der Waals surface area (Å²) in [6, 6.07) is 6.09. The third kappa shape index (κ3) is 3.86. The molecule has 1 aromatic carbocycles. The second kappa shape index (κ2) is 8.55. The quantitative estimate of drug-likeness (QED) is 0.497. The lowest BCUT2D eigenvalue weighted by Gasteiger charge is -2.21. The summed E-state index contributed by atoms with van der Waals surface area (Å²) in [4.78, 5) is 6.96. The summed E-state index contributed by atoms with van der Waals surface area (Å²) in [5.74, 6) is 0.789. The Balaban J connectivity index is 1.81. The molecule has 0 N–H and O–H groups in total. The average molecular weight is 481 g/mol. The Labute approximate surface area is 183 Å². The van der Waals surface area contributed by atoms with Crippen molar-refractivity contribution in [2.75, 3.05) is 38.9 Å². The summed E-state index contributed by atoms with van der Waals surface area (Å²) >= 11 is 10.1. The number of pyridine rings is 1. The average Bonchev–Trinajstić information content (AvgIpc) is 3.29. The van der Waals surface area contributed by atoms with Gasteiger partial charge in [-0.05, 0) is 43.5 Å². The molecule has 3 aromatic rings. The van der Waals surface area contributed by atoms with Crippen LogP contribution >= 0.6 is 27.5 Å². The summed E-state index contributed by atoms with van der Waals surface area (Å²) in [6.07, 6.45) is 1.69. The minimum atomic E-state index is 0.0324. The number of halogens is 2. The maximum absolute atomic E-state index is 6.59. The fraction of sp³-hybridized carbons (Fsp3) is 0.450. The number of hydrogen-bond donors (Lipinski definition) is 0. The zero-order valence-electron chi connectivity index (χ0n) is 16.7. The Hall–Kier alpha value is -1.74. The molecule has 3 heterocycles. The van der Waals surface area contributed by atoms with Crippen LogP contribution in [0, 0.1) is 6.92 Å². The van der Waals surface area contributed by atoms with E-state index in [-0.39, 0.29) is 6.04 Å². The van der Waals surface area contributed by atoms with Gasteiger partial charge in [-0.2, -0.15) is 0 Å². The van der Waals surface area contributed by atoms with Gasteiger partial charge in [0.25, 0.3) is 0 Å². The van der Waals surface area contributed by atoms with Gasteiger partial charge < -0.3 is 14.4 Å². The molecule has 0 bridgehead atoms. The van der Waals surface area contributed by atoms with Crippen molar-refractivity contribution in [3.05, 3.63) is 39.0 Å². The van der Waals surface area contributed by atoms with Crippen molar-refractivity contribution in [2.45, 2.75) is 25.8 Å². The Morgan fingerprint density at radius 2 is 2.07 bits per heavy atom. The Kier molecular flexibility index (Phi) is 6.06. The molecule has 0 aliphatic carbocycles. The smallest absolute Gasteiger partial charge is 0.163 e. The van der Waals surface area contributed by atoms with E-state index in [0.717, 1.165) is 52.1 Å². The molecule has 9 heteroatoms. The highest BCUT2D eigenvalue weighted by Gasteiger charge is 2.28. The first-order valence-corrected chi connectivity index (χ1v) is 10.7. The number of aryl methyl sites for hydroxylation is 1. The van der Waals surface area contributed by atoms with Gasteiger partial charge in [0, 0.05) is 37.5 Å². The molecule has 1 aliphatic rings. The summed E-state index contributed by atoms with van der Waals surface area (Å²) < 4.78 is 13.6. The molecule has 0 amide bonds. The molecule has 0 fully saturated rings. The van der Waals surface area contributed by atoms with E-state index in [1.54, 1.807) is 14.2 Å². The normalized spacial score (nSPS) is 14.6. The van der Waals surface area contributed by atoms with Crippen LogP contribution in [0.2, 0.25) is 5.02 Å². The van der Waals surface area contributed by atoms with Crippen LogP contribution in [-0.2, 0) is 15.9 Å². The molecule has 0 radical (unpaired) electrons. The van der Waals surface area contributed by atoms with Crippen molar-refractivity contribution in [1.29, 1.82) is 0 Å². The number of aromatic nitrogens is 4. The predicted octanol–water partition coefficient (Wildman–Crippen LogP) is 4.47. The van der Waals surface area contributed by atoms with Crippen LogP contribution in [-0.4, -0.2) is 54.0 Å². The molecule has 29 heavy (non-hydrogen) atoms. The lowest BCUT2D eigenvalue weighted by molar-refractivity contribution is 0.117. The lowest BCUT2D eigenvalue weighted by atomic mass is 10.2. The third-order valence-electron chi connectivity index (χ3n) is 5.17. The van der Waals surface area contributed by atoms with Crippen LogP contribution in [0.5, 0.6) is 0 Å². The molecule has 154 valence electrons. The lowest BCUT2D eigenvalue weighted by Crippen LogP contribution is -2.19. The summed E-state index contributed by atoms with van der Waals surface area (Å²) in [5.41, 5.74) is 4.80. The van der Waals surface area contributed by atoms with Crippen molar-refractivity contribution in [3.8, 4) is 0 Å². The van der Waals surface area contributed by atoms with Crippen molar-refractivity contribution in [1.82, 2.24) is 20.0 Å². The van der Waals surface area contributed by atoms with E-state index in [0.29, 0.717) is 18.2 Å². The van der Waals surface area contributed by atoms with Crippen LogP contribution in [0.15, 0.2) is 22.7 Å². The van der Waals surface area contributed by atoms with E-state index in [4.69, 9.17) is 26.1 Å². The largest absolute Gasteiger partial charge is 0.385 e. The van der Waals surface area contributed by atoms with Gasteiger partial charge in [0.1, 0.15) is 0 Å². The fourth-order valence-corrected chi connectivity index (χ4v) is 4.87. The van der Waals surface area contributed by atoms with Gasteiger partial charge in [-0.1, -0.05) is 32.7 Å². The topological polar surface area (TPSA) is 65.3 Å². The Morgan fingerprint density at radius 3 is 2.83 bits per heavy atom. The van der Waals surface area contributed by atoms with Gasteiger partial charge in [0.2, 0.25) is 0 Å². The van der Waals surface area contributed by atoms with Crippen LogP contribution in [0.3, 0.4) is 0 Å². The van der Waals surface area contributed by atoms with Crippen molar-refractivity contribution in [3.63, 3.8) is 0 Å². The zero-order chi connectivity index (χ0) is 20.5. The molecule has 1 aliphatic heterocycles. The molecule has 4 rings (SSSR count). The monoisotopic (exact) mass is 479 g/mol. The van der Waals surface area contributed by atoms with E-state index in [9.17, 15) is 0 Å². The minimum Gasteiger partial charge on any atom is -0.385 e. The predicted molar refractivity (Wildman–Crippen MR) is 117 cm³/mol. The Morgan fingerprint density at radius 1 is 1.24 bits per heavy atom. The fourth-order valence-electron chi connectivity index (χ4n) is 3.89. The molecule has 2 aromatic heterocycles. The molecule has 0 saturated carbocycles. The summed E-state index contributed by atoms with van der Waals surface area (Å²) in [7, 11) is 3.39. The number of ether oxygens (including phenoxy) is 2. The van der Waals surface area contributed by atoms with Gasteiger partial charge in [0.15, 0.2) is 11.3 Å². The molecule has 1 atom stereocenters. The van der Waals surface area contributed by atoms with Gasteiger partial charge in [0.05, 0.1) is 28.9 Å². The van der Waals surface area contributed by atoms with E-state index < -0.39 is 0 Å². The standard InChI is InChI=1S/C20H23BrClN5O2/c1-12-8-17-18(24-25-27(17)15(11-29-3)5-7-28-2)20(23-12)26-6-4-13-9-14(21)10-16(22)19(13)26/h8-10,15H,4-7,11H2,1-3H3/t15-/m1/s1. The summed E-state index contributed by atoms with van der Waals surface area (Å²) in [6.45, 7) is 3.94. The van der Waals surface area contributed by atoms with Crippen molar-refractivity contribution < 1.29 is 9.47 Å². The molecular weight excluding hydrogens is 458 g/mol. The van der Waals surface area contributed by atoms with Crippen LogP contribution < -0.4 is 4.90 Å². The summed E-state index contributed by atoms with van der Waals surface area (Å²) in [5, 5.41) is 9.65. The van der Waals surface area contributed by atoms with E-state index in [1.165, 1.54) is 5.56 Å². The van der Waals surface area contributed by atoms with E-state index in [1.807, 2.05) is 23.7 Å². The second-order valence-corrected chi connectivity index (χ2v) is 8.50.